The fraction of sp³-hybridized carbons (Fsp3) is 0.846. The molecule has 2 N–H and O–H groups in total. The standard InChI is InChI=1S/C26H42F6O6/c1-3-5-7-9-11-13-15-17-19(37-25(27,28)29)21(23(33)34)22(24(35)36)20(38-26(30,31)32)18-16-14-12-10-8-6-4-2/h19-20H,3-18H2,1-2H3,(H,33,34)(H,35,36). The molecule has 0 aliphatic heterocycles. The monoisotopic (exact) mass is 564 g/mol. The van der Waals surface area contributed by atoms with Crippen LogP contribution in [0.5, 0.6) is 0 Å². The fourth-order valence-corrected chi connectivity index (χ4v) is 4.27. The number of carboxylic acid groups (broad SMARTS) is 2. The minimum atomic E-state index is -5.34. The van der Waals surface area contributed by atoms with Crippen LogP contribution in [0.25, 0.3) is 0 Å². The van der Waals surface area contributed by atoms with Crippen LogP contribution in [-0.4, -0.2) is 47.1 Å². The topological polar surface area (TPSA) is 93.1 Å². The van der Waals surface area contributed by atoms with E-state index in [1.54, 1.807) is 0 Å². The van der Waals surface area contributed by atoms with Crippen LogP contribution < -0.4 is 0 Å². The molecule has 224 valence electrons. The summed E-state index contributed by atoms with van der Waals surface area (Å²) in [5.41, 5.74) is -2.75. The van der Waals surface area contributed by atoms with E-state index in [4.69, 9.17) is 0 Å². The molecular weight excluding hydrogens is 522 g/mol. The number of rotatable bonds is 22. The largest absolute Gasteiger partial charge is 0.523 e. The van der Waals surface area contributed by atoms with Crippen LogP contribution in [0.1, 0.15) is 117 Å². The number of carboxylic acids is 2. The van der Waals surface area contributed by atoms with Crippen molar-refractivity contribution in [2.24, 2.45) is 0 Å². The lowest BCUT2D eigenvalue weighted by Crippen LogP contribution is -2.36. The van der Waals surface area contributed by atoms with Crippen molar-refractivity contribution in [2.75, 3.05) is 0 Å². The van der Waals surface area contributed by atoms with Crippen molar-refractivity contribution >= 4 is 11.9 Å². The van der Waals surface area contributed by atoms with Gasteiger partial charge in [-0.3, -0.25) is 9.47 Å². The lowest BCUT2D eigenvalue weighted by molar-refractivity contribution is -0.342. The highest BCUT2D eigenvalue weighted by atomic mass is 19.4. The van der Waals surface area contributed by atoms with Crippen LogP contribution >= 0.6 is 0 Å². The average Bonchev–Trinajstić information content (AvgIpc) is 2.77. The first-order valence-corrected chi connectivity index (χ1v) is 13.4. The summed E-state index contributed by atoms with van der Waals surface area (Å²) in [6, 6.07) is 0. The molecule has 0 rings (SSSR count). The average molecular weight is 565 g/mol. The quantitative estimate of drug-likeness (QED) is 0.0778. The van der Waals surface area contributed by atoms with Crippen molar-refractivity contribution in [3.05, 3.63) is 11.1 Å². The lowest BCUT2D eigenvalue weighted by Gasteiger charge is -2.26. The summed E-state index contributed by atoms with van der Waals surface area (Å²) in [4.78, 5) is 24.0. The molecule has 0 fully saturated rings. The Labute approximate surface area is 220 Å². The summed E-state index contributed by atoms with van der Waals surface area (Å²) in [5, 5.41) is 19.4. The number of unbranched alkanes of at least 4 members (excludes halogenated alkanes) is 12. The van der Waals surface area contributed by atoms with E-state index in [9.17, 15) is 46.1 Å². The second kappa shape index (κ2) is 19.3. The number of alkyl halides is 6. The molecule has 2 atom stereocenters. The Hall–Kier alpha value is -1.82. The van der Waals surface area contributed by atoms with Crippen molar-refractivity contribution in [3.63, 3.8) is 0 Å². The predicted molar refractivity (Wildman–Crippen MR) is 129 cm³/mol. The molecule has 0 bridgehead atoms. The molecule has 0 saturated carbocycles. The van der Waals surface area contributed by atoms with Crippen molar-refractivity contribution in [3.8, 4) is 0 Å². The van der Waals surface area contributed by atoms with Gasteiger partial charge in [0, 0.05) is 0 Å². The van der Waals surface area contributed by atoms with Gasteiger partial charge in [0.1, 0.15) is 0 Å². The molecule has 0 aliphatic rings. The zero-order chi connectivity index (χ0) is 29.2. The third-order valence-corrected chi connectivity index (χ3v) is 6.09. The van der Waals surface area contributed by atoms with E-state index >= 15 is 0 Å². The lowest BCUT2D eigenvalue weighted by atomic mass is 9.92. The summed E-state index contributed by atoms with van der Waals surface area (Å²) in [6.45, 7) is 4.03. The second-order valence-corrected chi connectivity index (χ2v) is 9.36. The van der Waals surface area contributed by atoms with Crippen LogP contribution in [0.15, 0.2) is 11.1 Å². The molecule has 12 heteroatoms. The van der Waals surface area contributed by atoms with Gasteiger partial charge in [-0.2, -0.15) is 0 Å². The molecule has 0 spiro atoms. The van der Waals surface area contributed by atoms with Gasteiger partial charge in [0.2, 0.25) is 0 Å². The summed E-state index contributed by atoms with van der Waals surface area (Å²) in [5.74, 6) is -4.20. The normalized spacial score (nSPS) is 14.7. The van der Waals surface area contributed by atoms with Crippen LogP contribution in [0.4, 0.5) is 26.3 Å². The van der Waals surface area contributed by atoms with Crippen molar-refractivity contribution in [2.45, 2.75) is 142 Å². The van der Waals surface area contributed by atoms with Gasteiger partial charge in [-0.25, -0.2) is 9.59 Å². The smallest absolute Gasteiger partial charge is 0.478 e. The molecule has 0 aliphatic carbocycles. The van der Waals surface area contributed by atoms with E-state index in [-0.39, 0.29) is 12.8 Å². The third kappa shape index (κ3) is 17.6. The molecule has 2 unspecified atom stereocenters. The molecule has 0 saturated heterocycles. The number of ether oxygens (including phenoxy) is 2. The molecule has 38 heavy (non-hydrogen) atoms. The highest BCUT2D eigenvalue weighted by Gasteiger charge is 2.43. The molecule has 6 nitrogen and oxygen atoms in total. The Kier molecular flexibility index (Phi) is 18.3. The van der Waals surface area contributed by atoms with Gasteiger partial charge in [0.25, 0.3) is 0 Å². The third-order valence-electron chi connectivity index (χ3n) is 6.09. The Morgan fingerprint density at radius 3 is 1.05 bits per heavy atom. The highest BCUT2D eigenvalue weighted by molar-refractivity contribution is 6.00. The SMILES string of the molecule is CCCCCCCCCC(OC(F)(F)F)C(C(=O)O)=C(C(=O)O)C(CCCCCCCCC)OC(F)(F)F. The zero-order valence-corrected chi connectivity index (χ0v) is 22.3. The van der Waals surface area contributed by atoms with Crippen molar-refractivity contribution in [1.29, 1.82) is 0 Å². The maximum atomic E-state index is 13.2. The van der Waals surface area contributed by atoms with Crippen molar-refractivity contribution in [1.82, 2.24) is 0 Å². The Balaban J connectivity index is 5.97. The minimum Gasteiger partial charge on any atom is -0.478 e. The van der Waals surface area contributed by atoms with Gasteiger partial charge in [-0.15, -0.1) is 26.3 Å². The van der Waals surface area contributed by atoms with Gasteiger partial charge < -0.3 is 10.2 Å². The zero-order valence-electron chi connectivity index (χ0n) is 22.3. The van der Waals surface area contributed by atoms with E-state index in [0.717, 1.165) is 51.4 Å². The van der Waals surface area contributed by atoms with E-state index in [1.807, 2.05) is 13.8 Å². The Morgan fingerprint density at radius 2 is 0.816 bits per heavy atom. The Morgan fingerprint density at radius 1 is 0.553 bits per heavy atom. The molecule has 0 amide bonds. The van der Waals surface area contributed by atoms with Gasteiger partial charge in [-0.05, 0) is 12.8 Å². The number of hydrogen-bond acceptors (Lipinski definition) is 4. The maximum absolute atomic E-state index is 13.2. The maximum Gasteiger partial charge on any atom is 0.523 e. The molecule has 0 aromatic carbocycles. The highest BCUT2D eigenvalue weighted by Crippen LogP contribution is 2.33. The van der Waals surface area contributed by atoms with E-state index in [0.29, 0.717) is 25.7 Å². The summed E-state index contributed by atoms with van der Waals surface area (Å²) in [6.07, 6.45) is -6.55. The molecule has 0 radical (unpaired) electrons. The first-order chi connectivity index (χ1) is 17.7. The van der Waals surface area contributed by atoms with Crippen molar-refractivity contribution < 1.29 is 55.6 Å². The first kappa shape index (κ1) is 36.2. The van der Waals surface area contributed by atoms with Gasteiger partial charge >= 0.3 is 24.7 Å². The molecular formula is C26H42F6O6. The minimum absolute atomic E-state index is 0.0686. The van der Waals surface area contributed by atoms with Crippen LogP contribution in [0.2, 0.25) is 0 Å². The van der Waals surface area contributed by atoms with Gasteiger partial charge in [0.15, 0.2) is 0 Å². The van der Waals surface area contributed by atoms with E-state index < -0.39 is 60.9 Å². The summed E-state index contributed by atoms with van der Waals surface area (Å²) >= 11 is 0. The Bertz CT molecular complexity index is 647. The van der Waals surface area contributed by atoms with Crippen LogP contribution in [0, 0.1) is 0 Å². The second-order valence-electron chi connectivity index (χ2n) is 9.36. The van der Waals surface area contributed by atoms with E-state index in [2.05, 4.69) is 9.47 Å². The fourth-order valence-electron chi connectivity index (χ4n) is 4.27. The summed E-state index contributed by atoms with van der Waals surface area (Å²) in [7, 11) is 0. The van der Waals surface area contributed by atoms with Gasteiger partial charge in [-0.1, -0.05) is 104 Å². The number of aliphatic carboxylic acids is 2. The van der Waals surface area contributed by atoms with E-state index in [1.165, 1.54) is 0 Å². The predicted octanol–water partition coefficient (Wildman–Crippen LogP) is 8.54. The first-order valence-electron chi connectivity index (χ1n) is 13.4. The summed E-state index contributed by atoms with van der Waals surface area (Å²) < 4.78 is 86.9. The molecule has 0 aromatic rings. The number of hydrogen-bond donors (Lipinski definition) is 2. The number of carbonyl (C=O) groups is 2. The van der Waals surface area contributed by atoms with Crippen LogP contribution in [-0.2, 0) is 19.1 Å². The van der Waals surface area contributed by atoms with Gasteiger partial charge in [0.05, 0.1) is 23.4 Å². The molecule has 0 heterocycles. The van der Waals surface area contributed by atoms with Crippen LogP contribution in [0.3, 0.4) is 0 Å². The number of halogens is 6. The molecule has 0 aromatic heterocycles.